The van der Waals surface area contributed by atoms with Crippen molar-refractivity contribution in [2.45, 2.75) is 51.4 Å². The number of allylic oxidation sites excluding steroid dienone is 1. The van der Waals surface area contributed by atoms with E-state index >= 15 is 0 Å². The van der Waals surface area contributed by atoms with E-state index in [4.69, 9.17) is 0 Å². The monoisotopic (exact) mass is 268 g/mol. The van der Waals surface area contributed by atoms with Crippen molar-refractivity contribution in [1.82, 2.24) is 0 Å². The first-order chi connectivity index (χ1) is 9.52. The van der Waals surface area contributed by atoms with Crippen LogP contribution < -0.4 is 0 Å². The summed E-state index contributed by atoms with van der Waals surface area (Å²) in [7, 11) is 0. The lowest BCUT2D eigenvalue weighted by atomic mass is 9.48. The fourth-order valence-corrected chi connectivity index (χ4v) is 4.74. The largest absolute Gasteiger partial charge is 0.299 e. The van der Waals surface area contributed by atoms with Crippen LogP contribution in [0.4, 0.5) is 0 Å². The van der Waals surface area contributed by atoms with Crippen molar-refractivity contribution in [2.24, 2.45) is 11.3 Å². The van der Waals surface area contributed by atoms with Crippen molar-refractivity contribution in [1.29, 1.82) is 0 Å². The predicted molar refractivity (Wildman–Crippen MR) is 82.8 cm³/mol. The molecule has 3 rings (SSSR count). The topological polar surface area (TPSA) is 17.1 Å². The van der Waals surface area contributed by atoms with E-state index in [1.807, 2.05) is 6.08 Å². The SMILES string of the molecule is C=CC[C@@]12C(=O)CCC(C)(C)[C@@H]1CCc1ccccc12. The van der Waals surface area contributed by atoms with Gasteiger partial charge in [0.15, 0.2) is 0 Å². The summed E-state index contributed by atoms with van der Waals surface area (Å²) < 4.78 is 0. The molecule has 0 amide bonds. The van der Waals surface area contributed by atoms with E-state index in [1.165, 1.54) is 11.1 Å². The van der Waals surface area contributed by atoms with Crippen molar-refractivity contribution in [2.75, 3.05) is 0 Å². The number of aryl methyl sites for hydroxylation is 1. The molecule has 0 bridgehead atoms. The van der Waals surface area contributed by atoms with Gasteiger partial charge in [0.05, 0.1) is 5.41 Å². The van der Waals surface area contributed by atoms with E-state index in [0.29, 0.717) is 18.1 Å². The maximum absolute atomic E-state index is 12.9. The Morgan fingerprint density at radius 1 is 1.30 bits per heavy atom. The lowest BCUT2D eigenvalue weighted by Gasteiger charge is -2.54. The Bertz CT molecular complexity index is 555. The first kappa shape index (κ1) is 13.6. The standard InChI is InChI=1S/C19H24O/c1-4-12-19-15-8-6-5-7-14(15)9-10-16(19)18(2,3)13-11-17(19)20/h4-8,16H,1,9-13H2,2-3H3/t16-,19-/m0/s1. The molecule has 0 heterocycles. The Balaban J connectivity index is 2.24. The Labute approximate surface area is 122 Å². The average molecular weight is 268 g/mol. The molecular formula is C19H24O. The molecule has 106 valence electrons. The second kappa shape index (κ2) is 4.58. The fraction of sp³-hybridized carbons (Fsp3) is 0.526. The van der Waals surface area contributed by atoms with Crippen LogP contribution in [0, 0.1) is 11.3 Å². The molecule has 1 aromatic rings. The molecular weight excluding hydrogens is 244 g/mol. The van der Waals surface area contributed by atoms with Gasteiger partial charge in [0.1, 0.15) is 5.78 Å². The first-order valence-electron chi connectivity index (χ1n) is 7.75. The summed E-state index contributed by atoms with van der Waals surface area (Å²) in [6, 6.07) is 8.57. The summed E-state index contributed by atoms with van der Waals surface area (Å²) >= 11 is 0. The van der Waals surface area contributed by atoms with Crippen LogP contribution in [0.3, 0.4) is 0 Å². The van der Waals surface area contributed by atoms with Crippen LogP contribution in [0.1, 0.15) is 50.7 Å². The zero-order valence-corrected chi connectivity index (χ0v) is 12.6. The van der Waals surface area contributed by atoms with E-state index in [9.17, 15) is 4.79 Å². The van der Waals surface area contributed by atoms with Gasteiger partial charge >= 0.3 is 0 Å². The third kappa shape index (κ3) is 1.72. The minimum Gasteiger partial charge on any atom is -0.299 e. The summed E-state index contributed by atoms with van der Waals surface area (Å²) in [6.45, 7) is 8.63. The number of rotatable bonds is 2. The van der Waals surface area contributed by atoms with Gasteiger partial charge in [-0.15, -0.1) is 6.58 Å². The van der Waals surface area contributed by atoms with Crippen LogP contribution >= 0.6 is 0 Å². The van der Waals surface area contributed by atoms with Crippen LogP contribution in [0.2, 0.25) is 0 Å². The smallest absolute Gasteiger partial charge is 0.144 e. The molecule has 2 aliphatic rings. The highest BCUT2D eigenvalue weighted by Crippen LogP contribution is 2.57. The summed E-state index contributed by atoms with van der Waals surface area (Å²) in [5.41, 5.74) is 2.59. The van der Waals surface area contributed by atoms with Crippen molar-refractivity contribution >= 4 is 5.78 Å². The number of carbonyl (C=O) groups excluding carboxylic acids is 1. The van der Waals surface area contributed by atoms with Gasteiger partial charge in [-0.3, -0.25) is 4.79 Å². The number of carbonyl (C=O) groups is 1. The predicted octanol–water partition coefficient (Wildman–Crippen LogP) is 4.45. The molecule has 0 aromatic heterocycles. The van der Waals surface area contributed by atoms with E-state index < -0.39 is 0 Å². The van der Waals surface area contributed by atoms with E-state index in [0.717, 1.165) is 25.7 Å². The molecule has 0 unspecified atom stereocenters. The van der Waals surface area contributed by atoms with Crippen molar-refractivity contribution in [3.8, 4) is 0 Å². The van der Waals surface area contributed by atoms with Crippen LogP contribution in [-0.4, -0.2) is 5.78 Å². The lowest BCUT2D eigenvalue weighted by Crippen LogP contribution is -2.55. The third-order valence-electron chi connectivity index (χ3n) is 5.70. The molecule has 1 fully saturated rings. The molecule has 1 saturated carbocycles. The van der Waals surface area contributed by atoms with Gasteiger partial charge in [0.25, 0.3) is 0 Å². The first-order valence-corrected chi connectivity index (χ1v) is 7.75. The van der Waals surface area contributed by atoms with Crippen molar-refractivity contribution in [3.05, 3.63) is 48.0 Å². The number of hydrogen-bond donors (Lipinski definition) is 0. The zero-order valence-electron chi connectivity index (χ0n) is 12.6. The fourth-order valence-electron chi connectivity index (χ4n) is 4.74. The minimum atomic E-state index is -0.307. The molecule has 1 heteroatoms. The number of fused-ring (bicyclic) bond motifs is 3. The van der Waals surface area contributed by atoms with E-state index in [2.05, 4.69) is 44.7 Å². The van der Waals surface area contributed by atoms with E-state index in [-0.39, 0.29) is 10.8 Å². The quantitative estimate of drug-likeness (QED) is 0.724. The summed E-state index contributed by atoms with van der Waals surface area (Å²) in [4.78, 5) is 12.9. The van der Waals surface area contributed by atoms with Gasteiger partial charge < -0.3 is 0 Å². The minimum absolute atomic E-state index is 0.241. The maximum atomic E-state index is 12.9. The highest BCUT2D eigenvalue weighted by atomic mass is 16.1. The molecule has 1 aromatic carbocycles. The summed E-state index contributed by atoms with van der Waals surface area (Å²) in [5.74, 6) is 0.887. The number of benzene rings is 1. The summed E-state index contributed by atoms with van der Waals surface area (Å²) in [5, 5.41) is 0. The Morgan fingerprint density at radius 3 is 2.80 bits per heavy atom. The molecule has 0 N–H and O–H groups in total. The normalized spacial score (nSPS) is 31.3. The maximum Gasteiger partial charge on any atom is 0.144 e. The molecule has 0 spiro atoms. The van der Waals surface area contributed by atoms with Crippen LogP contribution in [0.5, 0.6) is 0 Å². The van der Waals surface area contributed by atoms with Gasteiger partial charge in [0, 0.05) is 6.42 Å². The molecule has 0 saturated heterocycles. The number of Topliss-reactive ketones (excluding diaryl/α,β-unsaturated/α-hetero) is 1. The zero-order chi connectivity index (χ0) is 14.4. The van der Waals surface area contributed by atoms with Crippen molar-refractivity contribution < 1.29 is 4.79 Å². The van der Waals surface area contributed by atoms with Gasteiger partial charge in [-0.25, -0.2) is 0 Å². The molecule has 0 radical (unpaired) electrons. The van der Waals surface area contributed by atoms with Crippen molar-refractivity contribution in [3.63, 3.8) is 0 Å². The van der Waals surface area contributed by atoms with Crippen LogP contribution in [0.15, 0.2) is 36.9 Å². The number of ketones is 1. The van der Waals surface area contributed by atoms with Gasteiger partial charge in [-0.2, -0.15) is 0 Å². The molecule has 2 atom stereocenters. The van der Waals surface area contributed by atoms with Gasteiger partial charge in [-0.1, -0.05) is 44.2 Å². The lowest BCUT2D eigenvalue weighted by molar-refractivity contribution is -0.135. The Morgan fingerprint density at radius 2 is 2.05 bits per heavy atom. The molecule has 20 heavy (non-hydrogen) atoms. The molecule has 2 aliphatic carbocycles. The molecule has 0 aliphatic heterocycles. The van der Waals surface area contributed by atoms with E-state index in [1.54, 1.807) is 0 Å². The van der Waals surface area contributed by atoms with Crippen LogP contribution in [0.25, 0.3) is 0 Å². The Kier molecular flexibility index (Phi) is 3.12. The highest BCUT2D eigenvalue weighted by Gasteiger charge is 2.56. The summed E-state index contributed by atoms with van der Waals surface area (Å²) in [6.07, 6.45) is 6.72. The Hall–Kier alpha value is -1.37. The van der Waals surface area contributed by atoms with Crippen LogP contribution in [-0.2, 0) is 16.6 Å². The average Bonchev–Trinajstić information content (AvgIpc) is 2.44. The highest BCUT2D eigenvalue weighted by molar-refractivity contribution is 5.92. The van der Waals surface area contributed by atoms with Gasteiger partial charge in [0.2, 0.25) is 0 Å². The third-order valence-corrected chi connectivity index (χ3v) is 5.70. The second-order valence-corrected chi connectivity index (χ2v) is 7.12. The molecule has 1 nitrogen and oxygen atoms in total. The number of hydrogen-bond acceptors (Lipinski definition) is 1. The second-order valence-electron chi connectivity index (χ2n) is 7.12. The van der Waals surface area contributed by atoms with Gasteiger partial charge in [-0.05, 0) is 48.1 Å².